The second-order valence-corrected chi connectivity index (χ2v) is 10.5. The summed E-state index contributed by atoms with van der Waals surface area (Å²) < 4.78 is 14.2. The molecule has 2 heterocycles. The molecule has 0 saturated heterocycles. The van der Waals surface area contributed by atoms with Crippen LogP contribution in [0.4, 0.5) is 0 Å². The lowest BCUT2D eigenvalue weighted by Gasteiger charge is -2.24. The highest BCUT2D eigenvalue weighted by Crippen LogP contribution is 2.35. The number of hydrogen-bond acceptors (Lipinski definition) is 6. The van der Waals surface area contributed by atoms with Crippen molar-refractivity contribution in [2.75, 3.05) is 13.7 Å². The lowest BCUT2D eigenvalue weighted by Crippen LogP contribution is -2.39. The van der Waals surface area contributed by atoms with Crippen LogP contribution in [-0.2, 0) is 9.53 Å². The number of esters is 1. The Balaban J connectivity index is 1.94. The molecule has 10 heteroatoms. The summed E-state index contributed by atoms with van der Waals surface area (Å²) in [5, 5.41) is 0.560. The standard InChI is InChI=1S/C24H19Br2ClN2O4S/c1-4-33-23(31)19-12(2)28-24-29(20(19)14-5-7-15(27)8-6-14)22(30)18(34-24)11-13-9-16(25)21(32-3)17(26)10-13/h5-11,20H,4H2,1-3H3/b18-11-/t20-/m1/s1. The Hall–Kier alpha value is -2.20. The van der Waals surface area contributed by atoms with Gasteiger partial charge in [-0.15, -0.1) is 0 Å². The predicted octanol–water partition coefficient (Wildman–Crippen LogP) is 4.99. The largest absolute Gasteiger partial charge is 0.494 e. The maximum atomic E-state index is 13.6. The van der Waals surface area contributed by atoms with Gasteiger partial charge in [0.2, 0.25) is 0 Å². The summed E-state index contributed by atoms with van der Waals surface area (Å²) in [4.78, 5) is 31.6. The number of hydrogen-bond donors (Lipinski definition) is 0. The van der Waals surface area contributed by atoms with Crippen LogP contribution in [0.15, 0.2) is 66.4 Å². The molecule has 0 amide bonds. The molecule has 176 valence electrons. The lowest BCUT2D eigenvalue weighted by molar-refractivity contribution is -0.139. The molecular weight excluding hydrogens is 608 g/mol. The smallest absolute Gasteiger partial charge is 0.338 e. The number of nitrogens with zero attached hydrogens (tertiary/aromatic N) is 2. The molecule has 3 aromatic rings. The van der Waals surface area contributed by atoms with Gasteiger partial charge in [0, 0.05) is 5.02 Å². The summed E-state index contributed by atoms with van der Waals surface area (Å²) in [6.45, 7) is 3.71. The first kappa shape index (κ1) is 24.9. The molecular formula is C24H19Br2ClN2O4S. The first-order chi connectivity index (χ1) is 16.2. The highest BCUT2D eigenvalue weighted by molar-refractivity contribution is 9.11. The van der Waals surface area contributed by atoms with E-state index in [2.05, 4.69) is 36.9 Å². The summed E-state index contributed by atoms with van der Waals surface area (Å²) in [5.74, 6) is 0.164. The van der Waals surface area contributed by atoms with E-state index in [4.69, 9.17) is 21.1 Å². The Morgan fingerprint density at radius 1 is 1.24 bits per heavy atom. The summed E-state index contributed by atoms with van der Waals surface area (Å²) in [5.41, 5.74) is 2.14. The van der Waals surface area contributed by atoms with E-state index in [1.807, 2.05) is 12.1 Å². The number of allylic oxidation sites excluding steroid dienone is 1. The van der Waals surface area contributed by atoms with Crippen LogP contribution in [0, 0.1) is 0 Å². The number of thiazole rings is 1. The van der Waals surface area contributed by atoms with Crippen LogP contribution < -0.4 is 19.6 Å². The van der Waals surface area contributed by atoms with Crippen molar-refractivity contribution in [3.63, 3.8) is 0 Å². The number of ether oxygens (including phenoxy) is 2. The van der Waals surface area contributed by atoms with E-state index >= 15 is 0 Å². The van der Waals surface area contributed by atoms with Crippen molar-refractivity contribution >= 4 is 66.8 Å². The molecule has 34 heavy (non-hydrogen) atoms. The molecule has 1 aliphatic rings. The quantitative estimate of drug-likeness (QED) is 0.375. The molecule has 0 radical (unpaired) electrons. The van der Waals surface area contributed by atoms with Crippen molar-refractivity contribution < 1.29 is 14.3 Å². The van der Waals surface area contributed by atoms with E-state index in [0.29, 0.717) is 31.4 Å². The van der Waals surface area contributed by atoms with E-state index in [1.54, 1.807) is 55.9 Å². The fraction of sp³-hybridized carbons (Fsp3) is 0.208. The zero-order chi connectivity index (χ0) is 24.6. The Morgan fingerprint density at radius 2 is 1.88 bits per heavy atom. The van der Waals surface area contributed by atoms with Crippen LogP contribution >= 0.6 is 54.8 Å². The van der Waals surface area contributed by atoms with Crippen molar-refractivity contribution in [3.8, 4) is 5.75 Å². The van der Waals surface area contributed by atoms with Crippen molar-refractivity contribution in [3.05, 3.63) is 92.5 Å². The number of benzene rings is 2. The van der Waals surface area contributed by atoms with E-state index in [1.165, 1.54) is 11.3 Å². The monoisotopic (exact) mass is 624 g/mol. The second kappa shape index (κ2) is 10.2. The third kappa shape index (κ3) is 4.66. The molecule has 0 N–H and O–H groups in total. The van der Waals surface area contributed by atoms with Crippen molar-refractivity contribution in [2.45, 2.75) is 19.9 Å². The summed E-state index contributed by atoms with van der Waals surface area (Å²) in [6.07, 6.45) is 1.79. The second-order valence-electron chi connectivity index (χ2n) is 7.37. The minimum absolute atomic E-state index is 0.217. The van der Waals surface area contributed by atoms with E-state index < -0.39 is 12.0 Å². The molecule has 1 aliphatic heterocycles. The molecule has 0 unspecified atom stereocenters. The third-order valence-electron chi connectivity index (χ3n) is 5.23. The predicted molar refractivity (Wildman–Crippen MR) is 140 cm³/mol. The van der Waals surface area contributed by atoms with Crippen LogP contribution in [0.1, 0.15) is 31.0 Å². The molecule has 2 aromatic carbocycles. The van der Waals surface area contributed by atoms with Crippen LogP contribution in [0.5, 0.6) is 5.75 Å². The third-order valence-corrected chi connectivity index (χ3v) is 7.64. The van der Waals surface area contributed by atoms with Gasteiger partial charge in [-0.3, -0.25) is 9.36 Å². The van der Waals surface area contributed by atoms with Gasteiger partial charge >= 0.3 is 5.97 Å². The number of fused-ring (bicyclic) bond motifs is 1. The molecule has 0 fully saturated rings. The van der Waals surface area contributed by atoms with Gasteiger partial charge in [-0.25, -0.2) is 9.79 Å². The molecule has 0 bridgehead atoms. The van der Waals surface area contributed by atoms with Gasteiger partial charge in [0.15, 0.2) is 4.80 Å². The molecule has 6 nitrogen and oxygen atoms in total. The van der Waals surface area contributed by atoms with Crippen LogP contribution in [0.3, 0.4) is 0 Å². The van der Waals surface area contributed by atoms with Gasteiger partial charge in [-0.2, -0.15) is 0 Å². The normalized spacial score (nSPS) is 15.7. The number of rotatable bonds is 5. The Bertz CT molecular complexity index is 1470. The highest BCUT2D eigenvalue weighted by atomic mass is 79.9. The lowest BCUT2D eigenvalue weighted by atomic mass is 9.96. The fourth-order valence-corrected chi connectivity index (χ4v) is 6.48. The SMILES string of the molecule is CCOC(=O)C1=C(C)N=c2s/c(=C\c3cc(Br)c(OC)c(Br)c3)c(=O)n2[C@@H]1c1ccc(Cl)cc1. The molecule has 1 aromatic heterocycles. The molecule has 0 saturated carbocycles. The van der Waals surface area contributed by atoms with Crippen molar-refractivity contribution in [1.29, 1.82) is 0 Å². The minimum atomic E-state index is -0.677. The highest BCUT2D eigenvalue weighted by Gasteiger charge is 2.33. The zero-order valence-corrected chi connectivity index (χ0v) is 23.1. The van der Waals surface area contributed by atoms with Gasteiger partial charge in [0.1, 0.15) is 5.75 Å². The summed E-state index contributed by atoms with van der Waals surface area (Å²) in [6, 6.07) is 10.1. The van der Waals surface area contributed by atoms with Crippen LogP contribution in [0.2, 0.25) is 5.02 Å². The number of aromatic nitrogens is 1. The number of halogens is 3. The van der Waals surface area contributed by atoms with Crippen molar-refractivity contribution in [2.24, 2.45) is 4.99 Å². The molecule has 0 aliphatic carbocycles. The van der Waals surface area contributed by atoms with Crippen LogP contribution in [0.25, 0.3) is 6.08 Å². The van der Waals surface area contributed by atoms with Gasteiger partial charge < -0.3 is 9.47 Å². The fourth-order valence-electron chi connectivity index (χ4n) is 3.76. The van der Waals surface area contributed by atoms with Gasteiger partial charge in [-0.1, -0.05) is 35.1 Å². The number of carbonyl (C=O) groups excluding carboxylic acids is 1. The van der Waals surface area contributed by atoms with Gasteiger partial charge in [0.25, 0.3) is 5.56 Å². The van der Waals surface area contributed by atoms with E-state index in [-0.39, 0.29) is 12.2 Å². The van der Waals surface area contributed by atoms with Gasteiger partial charge in [-0.05, 0) is 87.2 Å². The number of carbonyl (C=O) groups is 1. The average Bonchev–Trinajstić information content (AvgIpc) is 3.08. The average molecular weight is 627 g/mol. The Morgan fingerprint density at radius 3 is 2.47 bits per heavy atom. The Kier molecular flexibility index (Phi) is 7.47. The maximum absolute atomic E-state index is 13.6. The summed E-state index contributed by atoms with van der Waals surface area (Å²) >= 11 is 14.3. The van der Waals surface area contributed by atoms with E-state index in [9.17, 15) is 9.59 Å². The topological polar surface area (TPSA) is 69.9 Å². The maximum Gasteiger partial charge on any atom is 0.338 e. The minimum Gasteiger partial charge on any atom is -0.494 e. The summed E-state index contributed by atoms with van der Waals surface area (Å²) in [7, 11) is 1.59. The van der Waals surface area contributed by atoms with Crippen molar-refractivity contribution in [1.82, 2.24) is 4.57 Å². The zero-order valence-electron chi connectivity index (χ0n) is 18.4. The first-order valence-electron chi connectivity index (χ1n) is 10.2. The molecule has 0 spiro atoms. The first-order valence-corrected chi connectivity index (χ1v) is 13.0. The number of methoxy groups -OCH3 is 1. The Labute approximate surface area is 221 Å². The van der Waals surface area contributed by atoms with Gasteiger partial charge in [0.05, 0.1) is 44.5 Å². The molecule has 4 rings (SSSR count). The van der Waals surface area contributed by atoms with E-state index in [0.717, 1.165) is 20.1 Å². The molecule has 1 atom stereocenters. The van der Waals surface area contributed by atoms with Crippen LogP contribution in [-0.4, -0.2) is 24.3 Å².